The van der Waals surface area contributed by atoms with Crippen LogP contribution in [0.5, 0.6) is 0 Å². The third kappa shape index (κ3) is 0.448. The Bertz CT molecular complexity index is 25.2. The van der Waals surface area contributed by atoms with Crippen molar-refractivity contribution in [3.05, 3.63) is 0 Å². The van der Waals surface area contributed by atoms with Crippen LogP contribution >= 0.6 is 0 Å². The van der Waals surface area contributed by atoms with Gasteiger partial charge in [0.2, 0.25) is 0 Å². The van der Waals surface area contributed by atoms with Crippen LogP contribution < -0.4 is 0 Å². The Morgan fingerprint density at radius 3 is 1.75 bits per heavy atom. The van der Waals surface area contributed by atoms with Crippen molar-refractivity contribution in [2.45, 2.75) is 0 Å². The fourth-order valence-electron chi connectivity index (χ4n) is 0.0447. The standard InChI is InChI=1S/C2H5NSe/c4-3-1-2-3/h4H,1-2H2. The van der Waals surface area contributed by atoms with Crippen LogP contribution in [0.2, 0.25) is 0 Å². The van der Waals surface area contributed by atoms with Gasteiger partial charge in [-0.15, -0.1) is 0 Å². The SMILES string of the molecule is [SeH]N1CC1. The summed E-state index contributed by atoms with van der Waals surface area (Å²) in [6, 6.07) is 0. The van der Waals surface area contributed by atoms with Crippen LogP contribution in [0.3, 0.4) is 0 Å². The Labute approximate surface area is 34.0 Å². The molecule has 1 saturated heterocycles. The summed E-state index contributed by atoms with van der Waals surface area (Å²) in [7, 11) is 0. The van der Waals surface area contributed by atoms with Crippen LogP contribution in [-0.4, -0.2) is 33.2 Å². The summed E-state index contributed by atoms with van der Waals surface area (Å²) in [5.41, 5.74) is 0. The Hall–Kier alpha value is 0.479. The first-order valence-electron chi connectivity index (χ1n) is 1.33. The Kier molecular flexibility index (Phi) is 0.481. The first kappa shape index (κ1) is 2.70. The van der Waals surface area contributed by atoms with Crippen molar-refractivity contribution >= 4 is 16.2 Å². The van der Waals surface area contributed by atoms with E-state index in [1.165, 1.54) is 13.1 Å². The molecule has 0 atom stereocenters. The van der Waals surface area contributed by atoms with Crippen LogP contribution in [0.15, 0.2) is 0 Å². The molecule has 0 bridgehead atoms. The van der Waals surface area contributed by atoms with E-state index in [0.29, 0.717) is 0 Å². The van der Waals surface area contributed by atoms with E-state index < -0.39 is 0 Å². The molecule has 0 aromatic rings. The van der Waals surface area contributed by atoms with Crippen molar-refractivity contribution in [1.82, 2.24) is 3.92 Å². The zero-order valence-electron chi connectivity index (χ0n) is 2.31. The van der Waals surface area contributed by atoms with Gasteiger partial charge in [-0.2, -0.15) is 0 Å². The zero-order valence-corrected chi connectivity index (χ0v) is 4.19. The van der Waals surface area contributed by atoms with E-state index in [2.05, 4.69) is 20.1 Å². The summed E-state index contributed by atoms with van der Waals surface area (Å²) in [4.78, 5) is 0. The topological polar surface area (TPSA) is 3.01 Å². The van der Waals surface area contributed by atoms with Gasteiger partial charge in [-0.05, 0) is 0 Å². The second kappa shape index (κ2) is 0.712. The molecule has 1 heterocycles. The molecule has 2 heteroatoms. The predicted molar refractivity (Wildman–Crippen MR) is 18.7 cm³/mol. The normalized spacial score (nSPS) is 26.2. The van der Waals surface area contributed by atoms with Crippen molar-refractivity contribution in [2.24, 2.45) is 0 Å². The van der Waals surface area contributed by atoms with Gasteiger partial charge < -0.3 is 0 Å². The van der Waals surface area contributed by atoms with E-state index in [9.17, 15) is 0 Å². The quantitative estimate of drug-likeness (QED) is 0.298. The minimum atomic E-state index is 1.29. The summed E-state index contributed by atoms with van der Waals surface area (Å²) in [6.07, 6.45) is 0. The maximum absolute atomic E-state index is 2.48. The molecule has 0 N–H and O–H groups in total. The van der Waals surface area contributed by atoms with Crippen molar-refractivity contribution in [3.63, 3.8) is 0 Å². The van der Waals surface area contributed by atoms with E-state index in [0.717, 1.165) is 0 Å². The maximum atomic E-state index is 2.48. The van der Waals surface area contributed by atoms with Gasteiger partial charge in [0.15, 0.2) is 0 Å². The molecule has 0 amide bonds. The molecule has 0 spiro atoms. The van der Waals surface area contributed by atoms with Gasteiger partial charge in [0, 0.05) is 0 Å². The van der Waals surface area contributed by atoms with Gasteiger partial charge in [-0.3, -0.25) is 0 Å². The van der Waals surface area contributed by atoms with Crippen LogP contribution in [-0.2, 0) is 0 Å². The predicted octanol–water partition coefficient (Wildman–Crippen LogP) is -0.882. The minimum absolute atomic E-state index is 1.29. The summed E-state index contributed by atoms with van der Waals surface area (Å²) in [5, 5.41) is 0. The molecule has 4 heavy (non-hydrogen) atoms. The molecule has 1 nitrogen and oxygen atoms in total. The summed E-state index contributed by atoms with van der Waals surface area (Å²) in [5.74, 6) is 0. The molecule has 1 aliphatic rings. The Morgan fingerprint density at radius 2 is 1.75 bits per heavy atom. The zero-order chi connectivity index (χ0) is 2.99. The Balaban J connectivity index is 2.17. The van der Waals surface area contributed by atoms with Gasteiger partial charge in [0.1, 0.15) is 0 Å². The molecule has 0 radical (unpaired) electrons. The van der Waals surface area contributed by atoms with Gasteiger partial charge in [0.05, 0.1) is 0 Å². The number of hydrogen-bond acceptors (Lipinski definition) is 1. The van der Waals surface area contributed by atoms with Crippen LogP contribution in [0.4, 0.5) is 0 Å². The molecule has 0 aromatic carbocycles. The van der Waals surface area contributed by atoms with E-state index in [1.54, 1.807) is 0 Å². The fraction of sp³-hybridized carbons (Fsp3) is 1.00. The second-order valence-electron chi connectivity index (χ2n) is 0.954. The monoisotopic (exact) mass is 123 g/mol. The van der Waals surface area contributed by atoms with Gasteiger partial charge in [-0.25, -0.2) is 0 Å². The van der Waals surface area contributed by atoms with E-state index >= 15 is 0 Å². The van der Waals surface area contributed by atoms with Crippen LogP contribution in [0.25, 0.3) is 0 Å². The van der Waals surface area contributed by atoms with E-state index in [4.69, 9.17) is 0 Å². The number of rotatable bonds is 0. The molecule has 0 aromatic heterocycles. The molecule has 1 rings (SSSR count). The molecule has 0 saturated carbocycles. The average molecular weight is 122 g/mol. The second-order valence-corrected chi connectivity index (χ2v) is 2.14. The van der Waals surface area contributed by atoms with Gasteiger partial charge in [-0.1, -0.05) is 0 Å². The summed E-state index contributed by atoms with van der Waals surface area (Å²) >= 11 is 2.48. The first-order valence-corrected chi connectivity index (χ1v) is 2.17. The van der Waals surface area contributed by atoms with Crippen LogP contribution in [0.1, 0.15) is 0 Å². The molecule has 0 aliphatic carbocycles. The van der Waals surface area contributed by atoms with Gasteiger partial charge >= 0.3 is 33.2 Å². The molecule has 24 valence electrons. The van der Waals surface area contributed by atoms with Crippen molar-refractivity contribution < 1.29 is 0 Å². The molecule has 1 fully saturated rings. The van der Waals surface area contributed by atoms with E-state index in [1.807, 2.05) is 0 Å². The fourth-order valence-corrected chi connectivity index (χ4v) is 0.232. The molecule has 1 aliphatic heterocycles. The van der Waals surface area contributed by atoms with Crippen molar-refractivity contribution in [1.29, 1.82) is 0 Å². The molecular formula is C2H5NSe. The third-order valence-corrected chi connectivity index (χ3v) is 1.26. The first-order chi connectivity index (χ1) is 1.89. The number of hydrogen-bond donors (Lipinski definition) is 0. The van der Waals surface area contributed by atoms with Crippen molar-refractivity contribution in [2.75, 3.05) is 13.1 Å². The van der Waals surface area contributed by atoms with Crippen molar-refractivity contribution in [3.8, 4) is 0 Å². The van der Waals surface area contributed by atoms with E-state index in [-0.39, 0.29) is 0 Å². The number of nitrogens with zero attached hydrogens (tertiary/aromatic N) is 1. The molecular weight excluding hydrogens is 117 g/mol. The van der Waals surface area contributed by atoms with Crippen LogP contribution in [0, 0.1) is 0 Å². The molecule has 0 unspecified atom stereocenters. The van der Waals surface area contributed by atoms with Gasteiger partial charge in [0.25, 0.3) is 0 Å². The Morgan fingerprint density at radius 1 is 1.50 bits per heavy atom. The summed E-state index contributed by atoms with van der Waals surface area (Å²) < 4.78 is 2.19. The third-order valence-electron chi connectivity index (χ3n) is 0.424. The average Bonchev–Trinajstić information content (AvgIpc) is 1.75. The summed E-state index contributed by atoms with van der Waals surface area (Å²) in [6.45, 7) is 2.58.